The van der Waals surface area contributed by atoms with E-state index in [0.717, 1.165) is 21.2 Å². The van der Waals surface area contributed by atoms with E-state index < -0.39 is 0 Å². The maximum absolute atomic E-state index is 12.2. The van der Waals surface area contributed by atoms with Crippen molar-refractivity contribution in [2.75, 3.05) is 11.9 Å². The summed E-state index contributed by atoms with van der Waals surface area (Å²) in [6.07, 6.45) is 0. The van der Waals surface area contributed by atoms with Crippen LogP contribution in [0.2, 0.25) is 10.0 Å². The molecule has 0 bridgehead atoms. The molecule has 27 heavy (non-hydrogen) atoms. The smallest absolute Gasteiger partial charge is 0.264 e. The first kappa shape index (κ1) is 20.1. The molecule has 0 spiro atoms. The highest BCUT2D eigenvalue weighted by Gasteiger charge is 2.13. The third-order valence-corrected chi connectivity index (χ3v) is 5.49. The number of nitrogens with zero attached hydrogens (tertiary/aromatic N) is 1. The Hall–Kier alpha value is -1.60. The van der Waals surface area contributed by atoms with Crippen LogP contribution in [-0.4, -0.2) is 17.5 Å². The molecule has 0 radical (unpaired) electrons. The van der Waals surface area contributed by atoms with Gasteiger partial charge in [0.15, 0.2) is 11.7 Å². The van der Waals surface area contributed by atoms with Crippen LogP contribution in [0, 0.1) is 13.8 Å². The number of carbonyl (C=O) groups excluding carboxylic acids is 1. The van der Waals surface area contributed by atoms with Gasteiger partial charge in [-0.2, -0.15) is 0 Å². The van der Waals surface area contributed by atoms with Crippen molar-refractivity contribution in [1.29, 1.82) is 0 Å². The zero-order valence-electron chi connectivity index (χ0n) is 14.5. The molecule has 0 atom stereocenters. The van der Waals surface area contributed by atoms with E-state index >= 15 is 0 Å². The minimum atomic E-state index is -0.278. The largest absolute Gasteiger partial charge is 0.483 e. The first-order valence-electron chi connectivity index (χ1n) is 7.94. The second-order valence-electron chi connectivity index (χ2n) is 5.87. The van der Waals surface area contributed by atoms with E-state index in [4.69, 9.17) is 27.9 Å². The lowest BCUT2D eigenvalue weighted by molar-refractivity contribution is -0.118. The number of hydrogen-bond acceptors (Lipinski definition) is 4. The van der Waals surface area contributed by atoms with E-state index in [1.54, 1.807) is 18.2 Å². The van der Waals surface area contributed by atoms with Gasteiger partial charge in [-0.25, -0.2) is 4.98 Å². The Labute approximate surface area is 179 Å². The summed E-state index contributed by atoms with van der Waals surface area (Å²) in [6, 6.07) is 9.10. The lowest BCUT2D eigenvalue weighted by atomic mass is 10.1. The number of nitrogens with one attached hydrogen (secondary N) is 1. The third kappa shape index (κ3) is 5.02. The van der Waals surface area contributed by atoms with Gasteiger partial charge < -0.3 is 4.74 Å². The van der Waals surface area contributed by atoms with Crippen LogP contribution in [0.1, 0.15) is 11.1 Å². The Morgan fingerprint density at radius 1 is 1.22 bits per heavy atom. The van der Waals surface area contributed by atoms with Gasteiger partial charge in [0.1, 0.15) is 5.75 Å². The van der Waals surface area contributed by atoms with Gasteiger partial charge in [-0.05, 0) is 55.3 Å². The number of aryl methyl sites for hydroxylation is 2. The number of carbonyl (C=O) groups is 1. The normalized spacial score (nSPS) is 10.7. The highest BCUT2D eigenvalue weighted by molar-refractivity contribution is 9.10. The number of anilines is 1. The minimum Gasteiger partial charge on any atom is -0.483 e. The Bertz CT molecular complexity index is 984. The SMILES string of the molecule is Cc1cc(Br)cc(C)c1OCC(=O)Nc1nc(-c2ccc(Cl)cc2Cl)cs1. The molecule has 2 aromatic carbocycles. The second kappa shape index (κ2) is 8.61. The van der Waals surface area contributed by atoms with Crippen LogP contribution in [0.25, 0.3) is 11.3 Å². The lowest BCUT2D eigenvalue weighted by Gasteiger charge is -2.12. The van der Waals surface area contributed by atoms with Crippen molar-refractivity contribution < 1.29 is 9.53 Å². The first-order chi connectivity index (χ1) is 12.8. The van der Waals surface area contributed by atoms with E-state index in [9.17, 15) is 4.79 Å². The number of halogens is 3. The van der Waals surface area contributed by atoms with Crippen LogP contribution in [0.15, 0.2) is 40.2 Å². The van der Waals surface area contributed by atoms with Crippen molar-refractivity contribution in [2.45, 2.75) is 13.8 Å². The summed E-state index contributed by atoms with van der Waals surface area (Å²) in [5.41, 5.74) is 3.36. The van der Waals surface area contributed by atoms with Gasteiger partial charge in [0.05, 0.1) is 10.7 Å². The third-order valence-electron chi connectivity index (χ3n) is 3.73. The topological polar surface area (TPSA) is 51.2 Å². The fourth-order valence-corrected chi connectivity index (χ4v) is 4.49. The zero-order chi connectivity index (χ0) is 19.6. The summed E-state index contributed by atoms with van der Waals surface area (Å²) in [5.74, 6) is 0.431. The first-order valence-corrected chi connectivity index (χ1v) is 10.4. The van der Waals surface area contributed by atoms with Crippen molar-refractivity contribution in [3.63, 3.8) is 0 Å². The van der Waals surface area contributed by atoms with Crippen molar-refractivity contribution in [1.82, 2.24) is 4.98 Å². The molecule has 3 aromatic rings. The van der Waals surface area contributed by atoms with E-state index in [2.05, 4.69) is 26.2 Å². The van der Waals surface area contributed by atoms with Gasteiger partial charge in [0, 0.05) is 20.4 Å². The van der Waals surface area contributed by atoms with Gasteiger partial charge >= 0.3 is 0 Å². The fraction of sp³-hybridized carbons (Fsp3) is 0.158. The Kier molecular flexibility index (Phi) is 6.42. The lowest BCUT2D eigenvalue weighted by Crippen LogP contribution is -2.20. The standard InChI is InChI=1S/C19H15BrCl2N2O2S/c1-10-5-12(20)6-11(2)18(10)26-8-17(25)24-19-23-16(9-27-19)14-4-3-13(21)7-15(14)22/h3-7,9H,8H2,1-2H3,(H,23,24,25). The van der Waals surface area contributed by atoms with Gasteiger partial charge in [-0.3, -0.25) is 10.1 Å². The molecule has 8 heteroatoms. The highest BCUT2D eigenvalue weighted by Crippen LogP contribution is 2.32. The van der Waals surface area contributed by atoms with Crippen LogP contribution in [0.5, 0.6) is 5.75 Å². The molecule has 0 unspecified atom stereocenters. The number of rotatable bonds is 5. The average molecular weight is 486 g/mol. The molecule has 1 aromatic heterocycles. The Balaban J connectivity index is 1.65. The predicted octanol–water partition coefficient (Wildman–Crippen LogP) is 6.51. The van der Waals surface area contributed by atoms with Crippen LogP contribution in [0.3, 0.4) is 0 Å². The monoisotopic (exact) mass is 484 g/mol. The Morgan fingerprint density at radius 3 is 2.59 bits per heavy atom. The van der Waals surface area contributed by atoms with Crippen LogP contribution in [0.4, 0.5) is 5.13 Å². The number of aromatic nitrogens is 1. The summed E-state index contributed by atoms with van der Waals surface area (Å²) in [5, 5.41) is 6.12. The zero-order valence-corrected chi connectivity index (χ0v) is 18.4. The number of hydrogen-bond donors (Lipinski definition) is 1. The molecule has 0 saturated heterocycles. The van der Waals surface area contributed by atoms with Gasteiger partial charge in [0.2, 0.25) is 0 Å². The molecule has 1 heterocycles. The van der Waals surface area contributed by atoms with Gasteiger partial charge in [-0.1, -0.05) is 39.1 Å². The predicted molar refractivity (Wildman–Crippen MR) is 115 cm³/mol. The number of thiazole rings is 1. The molecule has 1 amide bonds. The molecule has 3 rings (SSSR count). The van der Waals surface area contributed by atoms with E-state index in [1.165, 1.54) is 11.3 Å². The van der Waals surface area contributed by atoms with Crippen molar-refractivity contribution in [2.24, 2.45) is 0 Å². The van der Waals surface area contributed by atoms with Gasteiger partial charge in [0.25, 0.3) is 5.91 Å². The second-order valence-corrected chi connectivity index (χ2v) is 8.49. The molecule has 0 saturated carbocycles. The maximum atomic E-state index is 12.2. The highest BCUT2D eigenvalue weighted by atomic mass is 79.9. The van der Waals surface area contributed by atoms with E-state index in [1.807, 2.05) is 31.4 Å². The number of amides is 1. The molecule has 0 aliphatic rings. The number of benzene rings is 2. The molecule has 0 aliphatic heterocycles. The molecule has 1 N–H and O–H groups in total. The van der Waals surface area contributed by atoms with Crippen molar-refractivity contribution >= 4 is 61.5 Å². The van der Waals surface area contributed by atoms with Crippen LogP contribution < -0.4 is 10.1 Å². The molecular weight excluding hydrogens is 471 g/mol. The average Bonchev–Trinajstić information content (AvgIpc) is 3.01. The number of ether oxygens (including phenoxy) is 1. The van der Waals surface area contributed by atoms with E-state index in [-0.39, 0.29) is 12.5 Å². The van der Waals surface area contributed by atoms with Gasteiger partial charge in [-0.15, -0.1) is 11.3 Å². The quantitative estimate of drug-likeness (QED) is 0.447. The summed E-state index contributed by atoms with van der Waals surface area (Å²) >= 11 is 16.9. The van der Waals surface area contributed by atoms with Crippen LogP contribution in [-0.2, 0) is 4.79 Å². The van der Waals surface area contributed by atoms with E-state index in [0.29, 0.717) is 26.6 Å². The van der Waals surface area contributed by atoms with Crippen LogP contribution >= 0.6 is 50.5 Å². The maximum Gasteiger partial charge on any atom is 0.264 e. The summed E-state index contributed by atoms with van der Waals surface area (Å²) < 4.78 is 6.67. The molecule has 140 valence electrons. The minimum absolute atomic E-state index is 0.0973. The molecule has 0 aliphatic carbocycles. The summed E-state index contributed by atoms with van der Waals surface area (Å²) in [6.45, 7) is 3.78. The van der Waals surface area contributed by atoms with Crippen molar-refractivity contribution in [3.05, 3.63) is 61.4 Å². The Morgan fingerprint density at radius 2 is 1.93 bits per heavy atom. The summed E-state index contributed by atoms with van der Waals surface area (Å²) in [4.78, 5) is 16.6. The molecule has 4 nitrogen and oxygen atoms in total. The molecule has 0 fully saturated rings. The fourth-order valence-electron chi connectivity index (χ4n) is 2.57. The summed E-state index contributed by atoms with van der Waals surface area (Å²) in [7, 11) is 0. The van der Waals surface area contributed by atoms with Crippen molar-refractivity contribution in [3.8, 4) is 17.0 Å². The molecular formula is C19H15BrCl2N2O2S.